The Kier molecular flexibility index (Phi) is 11.1. The lowest BCUT2D eigenvalue weighted by Gasteiger charge is -2.11. The van der Waals surface area contributed by atoms with Gasteiger partial charge in [-0.1, -0.05) is 6.07 Å². The molecule has 25 heavy (non-hydrogen) atoms. The molecule has 0 aromatic carbocycles. The summed E-state index contributed by atoms with van der Waals surface area (Å²) in [5.41, 5.74) is 1.14. The smallest absolute Gasteiger partial charge is 0.190 e. The number of nitrogens with zero attached hydrogens (tertiary/aromatic N) is 3. The van der Waals surface area contributed by atoms with Gasteiger partial charge in [-0.3, -0.25) is 4.99 Å². The van der Waals surface area contributed by atoms with Crippen LogP contribution < -0.4 is 16.0 Å². The lowest BCUT2D eigenvalue weighted by Crippen LogP contribution is -2.38. The number of thiazole rings is 1. The van der Waals surface area contributed by atoms with Gasteiger partial charge < -0.3 is 16.0 Å². The van der Waals surface area contributed by atoms with E-state index in [9.17, 15) is 0 Å². The molecule has 0 aliphatic rings. The second kappa shape index (κ2) is 12.9. The largest absolute Gasteiger partial charge is 0.370 e. The molecule has 2 rings (SSSR count). The molecular formula is C17H27IN6S. The summed E-state index contributed by atoms with van der Waals surface area (Å²) in [5.74, 6) is 1.78. The first-order valence-electron chi connectivity index (χ1n) is 8.28. The Labute approximate surface area is 171 Å². The fourth-order valence-electron chi connectivity index (χ4n) is 2.19. The van der Waals surface area contributed by atoms with Gasteiger partial charge >= 0.3 is 0 Å². The van der Waals surface area contributed by atoms with Crippen molar-refractivity contribution in [2.75, 3.05) is 32.0 Å². The zero-order valence-electron chi connectivity index (χ0n) is 14.8. The average molecular weight is 474 g/mol. The Morgan fingerprint density at radius 2 is 1.96 bits per heavy atom. The Morgan fingerprint density at radius 3 is 2.64 bits per heavy atom. The fourth-order valence-corrected chi connectivity index (χ4v) is 2.84. The number of aryl methyl sites for hydroxylation is 1. The summed E-state index contributed by atoms with van der Waals surface area (Å²) >= 11 is 1.69. The molecule has 0 unspecified atom stereocenters. The maximum absolute atomic E-state index is 4.46. The number of aliphatic imine (C=N–C) groups is 1. The summed E-state index contributed by atoms with van der Waals surface area (Å²) < 4.78 is 0. The molecule has 3 N–H and O–H groups in total. The highest BCUT2D eigenvalue weighted by molar-refractivity contribution is 14.0. The highest BCUT2D eigenvalue weighted by Gasteiger charge is 2.00. The van der Waals surface area contributed by atoms with Crippen molar-refractivity contribution in [1.82, 2.24) is 20.6 Å². The second-order valence-corrected chi connectivity index (χ2v) is 6.44. The number of aromatic nitrogens is 2. The predicted molar refractivity (Wildman–Crippen MR) is 117 cm³/mol. The number of nitrogens with one attached hydrogen (secondary N) is 3. The monoisotopic (exact) mass is 474 g/mol. The first-order chi connectivity index (χ1) is 11.8. The van der Waals surface area contributed by atoms with Crippen molar-refractivity contribution < 1.29 is 0 Å². The molecule has 0 aliphatic heterocycles. The third-order valence-electron chi connectivity index (χ3n) is 3.43. The minimum Gasteiger partial charge on any atom is -0.370 e. The molecule has 0 atom stereocenters. The van der Waals surface area contributed by atoms with Gasteiger partial charge in [0.25, 0.3) is 0 Å². The van der Waals surface area contributed by atoms with Crippen LogP contribution in [0.1, 0.15) is 23.5 Å². The van der Waals surface area contributed by atoms with Crippen LogP contribution in [0.15, 0.2) is 34.8 Å². The van der Waals surface area contributed by atoms with Crippen LogP contribution in [0.3, 0.4) is 0 Å². The summed E-state index contributed by atoms with van der Waals surface area (Å²) in [6.07, 6.45) is 4.87. The Balaban J connectivity index is 0.00000312. The first-order valence-corrected chi connectivity index (χ1v) is 9.16. The van der Waals surface area contributed by atoms with Gasteiger partial charge in [0.05, 0.1) is 10.7 Å². The van der Waals surface area contributed by atoms with Crippen LogP contribution >= 0.6 is 35.3 Å². The third-order valence-corrected chi connectivity index (χ3v) is 4.25. The van der Waals surface area contributed by atoms with Crippen LogP contribution in [0, 0.1) is 6.92 Å². The number of unbranched alkanes of at least 4 members (excludes halogenated alkanes) is 1. The van der Waals surface area contributed by atoms with E-state index in [-0.39, 0.29) is 24.0 Å². The topological polar surface area (TPSA) is 74.2 Å². The molecule has 0 radical (unpaired) electrons. The number of hydrogen-bond acceptors (Lipinski definition) is 5. The van der Waals surface area contributed by atoms with E-state index < -0.39 is 0 Å². The molecule has 6 nitrogen and oxygen atoms in total. The second-order valence-electron chi connectivity index (χ2n) is 5.38. The zero-order chi connectivity index (χ0) is 17.0. The lowest BCUT2D eigenvalue weighted by atomic mass is 10.3. The maximum Gasteiger partial charge on any atom is 0.190 e. The molecular weight excluding hydrogens is 447 g/mol. The molecule has 0 saturated carbocycles. The number of rotatable bonds is 9. The van der Waals surface area contributed by atoms with Crippen molar-refractivity contribution in [3.8, 4) is 0 Å². The van der Waals surface area contributed by atoms with Crippen molar-refractivity contribution in [2.24, 2.45) is 4.99 Å². The minimum atomic E-state index is 0. The van der Waals surface area contributed by atoms with Crippen LogP contribution in [-0.4, -0.2) is 42.6 Å². The zero-order valence-corrected chi connectivity index (χ0v) is 17.9. The molecule has 0 bridgehead atoms. The van der Waals surface area contributed by atoms with E-state index in [1.165, 1.54) is 0 Å². The molecule has 2 heterocycles. The van der Waals surface area contributed by atoms with Crippen molar-refractivity contribution in [3.63, 3.8) is 0 Å². The number of anilines is 1. The maximum atomic E-state index is 4.46. The van der Waals surface area contributed by atoms with Crippen LogP contribution in [0.4, 0.5) is 5.82 Å². The molecule has 0 amide bonds. The Morgan fingerprint density at radius 1 is 1.16 bits per heavy atom. The number of hydrogen-bond donors (Lipinski definition) is 3. The van der Waals surface area contributed by atoms with E-state index in [0.29, 0.717) is 0 Å². The van der Waals surface area contributed by atoms with Crippen molar-refractivity contribution in [3.05, 3.63) is 40.5 Å². The third kappa shape index (κ3) is 9.01. The van der Waals surface area contributed by atoms with Crippen molar-refractivity contribution in [1.29, 1.82) is 0 Å². The molecule has 138 valence electrons. The Bertz CT molecular complexity index is 617. The molecule has 0 spiro atoms. The summed E-state index contributed by atoms with van der Waals surface area (Å²) in [5, 5.41) is 13.2. The van der Waals surface area contributed by atoms with Crippen LogP contribution in [0.2, 0.25) is 0 Å². The van der Waals surface area contributed by atoms with E-state index >= 15 is 0 Å². The highest BCUT2D eigenvalue weighted by Crippen LogP contribution is 2.07. The fraction of sp³-hybridized carbons (Fsp3) is 0.471. The Hall–Kier alpha value is -1.42. The van der Waals surface area contributed by atoms with Gasteiger partial charge in [0.2, 0.25) is 0 Å². The number of halogens is 1. The number of guanidine groups is 1. The van der Waals surface area contributed by atoms with E-state index in [2.05, 4.69) is 36.3 Å². The van der Waals surface area contributed by atoms with Crippen LogP contribution in [0.5, 0.6) is 0 Å². The number of pyridine rings is 1. The van der Waals surface area contributed by atoms with Crippen LogP contribution in [-0.2, 0) is 6.42 Å². The average Bonchev–Trinajstić information content (AvgIpc) is 3.02. The van der Waals surface area contributed by atoms with Gasteiger partial charge in [-0.25, -0.2) is 9.97 Å². The molecule has 2 aromatic rings. The van der Waals surface area contributed by atoms with Crippen molar-refractivity contribution in [2.45, 2.75) is 26.2 Å². The van der Waals surface area contributed by atoms with Crippen molar-refractivity contribution >= 4 is 47.1 Å². The van der Waals surface area contributed by atoms with Gasteiger partial charge in [-0.05, 0) is 31.9 Å². The standard InChI is InChI=1S/C17H26N6S.HI/c1-14-23-15(13-24-14)8-12-22-17(18-2)21-11-6-5-10-20-16-7-3-4-9-19-16;/h3-4,7,9,13H,5-6,8,10-12H2,1-2H3,(H,19,20)(H2,18,21,22);1H. The summed E-state index contributed by atoms with van der Waals surface area (Å²) in [6, 6.07) is 5.89. The molecule has 0 fully saturated rings. The van der Waals surface area contributed by atoms with Gasteiger partial charge in [-0.2, -0.15) is 0 Å². The molecule has 8 heteroatoms. The molecule has 0 aliphatic carbocycles. The first kappa shape index (κ1) is 21.6. The lowest BCUT2D eigenvalue weighted by molar-refractivity contribution is 0.709. The summed E-state index contributed by atoms with van der Waals surface area (Å²) in [6.45, 7) is 4.70. The van der Waals surface area contributed by atoms with Gasteiger partial charge in [0.1, 0.15) is 5.82 Å². The molecule has 2 aromatic heterocycles. The quantitative estimate of drug-likeness (QED) is 0.226. The van der Waals surface area contributed by atoms with E-state index in [1.807, 2.05) is 25.1 Å². The van der Waals surface area contributed by atoms with Gasteiger partial charge in [-0.15, -0.1) is 35.3 Å². The summed E-state index contributed by atoms with van der Waals surface area (Å²) in [7, 11) is 1.80. The van der Waals surface area contributed by atoms with E-state index in [1.54, 1.807) is 24.6 Å². The SMILES string of the molecule is CN=C(NCCCCNc1ccccn1)NCCc1csc(C)n1.I. The van der Waals surface area contributed by atoms with E-state index in [4.69, 9.17) is 0 Å². The molecule has 0 saturated heterocycles. The van der Waals surface area contributed by atoms with Gasteiger partial charge in [0.15, 0.2) is 5.96 Å². The predicted octanol–water partition coefficient (Wildman–Crippen LogP) is 3.06. The summed E-state index contributed by atoms with van der Waals surface area (Å²) in [4.78, 5) is 12.9. The van der Waals surface area contributed by atoms with E-state index in [0.717, 1.165) is 61.4 Å². The highest BCUT2D eigenvalue weighted by atomic mass is 127. The minimum absolute atomic E-state index is 0. The normalized spacial score (nSPS) is 10.9. The van der Waals surface area contributed by atoms with Gasteiger partial charge in [0, 0.05) is 44.7 Å². The van der Waals surface area contributed by atoms with Crippen LogP contribution in [0.25, 0.3) is 0 Å².